The Morgan fingerprint density at radius 2 is 1.65 bits per heavy atom. The molecule has 0 spiro atoms. The highest BCUT2D eigenvalue weighted by atomic mass is 32.2. The van der Waals surface area contributed by atoms with E-state index < -0.39 is 10.0 Å². The van der Waals surface area contributed by atoms with Crippen molar-refractivity contribution < 1.29 is 22.7 Å². The SMILES string of the molecule is CCCCCCCCCOc1ccc(/C=C2\SC(=NS(=O)(=O)c3ccccc3)N(CC)C2=O)cc1OC. The van der Waals surface area contributed by atoms with Crippen molar-refractivity contribution in [1.82, 2.24) is 4.90 Å². The van der Waals surface area contributed by atoms with Gasteiger partial charge in [-0.2, -0.15) is 8.42 Å². The molecule has 3 rings (SSSR count). The number of ether oxygens (including phenoxy) is 2. The van der Waals surface area contributed by atoms with Gasteiger partial charge in [0.25, 0.3) is 15.9 Å². The summed E-state index contributed by atoms with van der Waals surface area (Å²) >= 11 is 1.05. The number of likely N-dealkylation sites (N-methyl/N-ethyl adjacent to an activating group) is 1. The van der Waals surface area contributed by atoms with E-state index in [0.717, 1.165) is 30.2 Å². The van der Waals surface area contributed by atoms with Gasteiger partial charge in [-0.05, 0) is 61.0 Å². The Hall–Kier alpha value is -2.78. The van der Waals surface area contributed by atoms with Gasteiger partial charge in [-0.15, -0.1) is 4.40 Å². The molecule has 0 aliphatic carbocycles. The molecule has 9 heteroatoms. The van der Waals surface area contributed by atoms with Crippen molar-refractivity contribution in [3.05, 3.63) is 59.0 Å². The zero-order valence-electron chi connectivity index (χ0n) is 21.8. The zero-order valence-corrected chi connectivity index (χ0v) is 23.4. The molecule has 0 radical (unpaired) electrons. The molecule has 1 saturated heterocycles. The number of unbranched alkanes of at least 4 members (excludes halogenated alkanes) is 6. The van der Waals surface area contributed by atoms with Gasteiger partial charge in [0.2, 0.25) is 0 Å². The van der Waals surface area contributed by atoms with Crippen LogP contribution in [0.25, 0.3) is 6.08 Å². The van der Waals surface area contributed by atoms with Gasteiger partial charge in [0, 0.05) is 6.54 Å². The average Bonchev–Trinajstić information content (AvgIpc) is 3.19. The van der Waals surface area contributed by atoms with Crippen molar-refractivity contribution >= 4 is 38.9 Å². The Morgan fingerprint density at radius 3 is 2.32 bits per heavy atom. The van der Waals surface area contributed by atoms with Crippen molar-refractivity contribution in [1.29, 1.82) is 0 Å². The third-order valence-electron chi connectivity index (χ3n) is 5.93. The number of hydrogen-bond donors (Lipinski definition) is 0. The monoisotopic (exact) mass is 544 g/mol. The molecule has 0 unspecified atom stereocenters. The first kappa shape index (κ1) is 28.8. The lowest BCUT2D eigenvalue weighted by Gasteiger charge is -2.12. The first-order chi connectivity index (χ1) is 17.9. The molecular weight excluding hydrogens is 508 g/mol. The molecule has 1 amide bonds. The van der Waals surface area contributed by atoms with E-state index in [9.17, 15) is 13.2 Å². The van der Waals surface area contributed by atoms with Crippen LogP contribution in [0.5, 0.6) is 11.5 Å². The molecule has 0 aromatic heterocycles. The molecule has 0 saturated carbocycles. The summed E-state index contributed by atoms with van der Waals surface area (Å²) in [5, 5.41) is 0.143. The summed E-state index contributed by atoms with van der Waals surface area (Å²) in [6.45, 7) is 4.94. The molecular formula is C28H36N2O5S2. The minimum absolute atomic E-state index is 0.0841. The van der Waals surface area contributed by atoms with Gasteiger partial charge < -0.3 is 9.47 Å². The number of hydrogen-bond acceptors (Lipinski definition) is 6. The standard InChI is InChI=1S/C28H36N2O5S2/c1-4-6-7-8-9-10-14-19-35-24-18-17-22(20-25(24)34-3)21-26-27(31)30(5-2)28(36-26)29-37(32,33)23-15-12-11-13-16-23/h11-13,15-18,20-21H,4-10,14,19H2,1-3H3/b26-21-,29-28?. The first-order valence-corrected chi connectivity index (χ1v) is 15.1. The predicted molar refractivity (Wildman–Crippen MR) is 150 cm³/mol. The fourth-order valence-corrected chi connectivity index (χ4v) is 6.15. The van der Waals surface area contributed by atoms with E-state index in [0.29, 0.717) is 29.6 Å². The molecule has 0 bridgehead atoms. The van der Waals surface area contributed by atoms with E-state index in [2.05, 4.69) is 11.3 Å². The van der Waals surface area contributed by atoms with Gasteiger partial charge in [-0.1, -0.05) is 69.7 Å². The molecule has 1 fully saturated rings. The number of methoxy groups -OCH3 is 1. The van der Waals surface area contributed by atoms with Crippen LogP contribution in [0.15, 0.2) is 62.7 Å². The number of thioether (sulfide) groups is 1. The molecule has 1 aliphatic heterocycles. The number of carbonyl (C=O) groups is 1. The fourth-order valence-electron chi connectivity index (χ4n) is 3.89. The van der Waals surface area contributed by atoms with Crippen LogP contribution in [-0.4, -0.2) is 44.7 Å². The summed E-state index contributed by atoms with van der Waals surface area (Å²) in [4.78, 5) is 14.8. The average molecular weight is 545 g/mol. The zero-order chi connectivity index (χ0) is 26.7. The highest BCUT2D eigenvalue weighted by molar-refractivity contribution is 8.19. The molecule has 200 valence electrons. The summed E-state index contributed by atoms with van der Waals surface area (Å²) in [6, 6.07) is 13.5. The van der Waals surface area contributed by atoms with Gasteiger partial charge in [0.15, 0.2) is 16.7 Å². The number of rotatable bonds is 14. The van der Waals surface area contributed by atoms with Crippen LogP contribution < -0.4 is 9.47 Å². The molecule has 0 N–H and O–H groups in total. The number of carbonyl (C=O) groups excluding carboxylic acids is 1. The summed E-state index contributed by atoms with van der Waals surface area (Å²) < 4.78 is 40.9. The second kappa shape index (κ2) is 14.2. The van der Waals surface area contributed by atoms with Crippen molar-refractivity contribution in [2.45, 2.75) is 63.7 Å². The topological polar surface area (TPSA) is 85.3 Å². The number of amides is 1. The molecule has 1 aliphatic rings. The molecule has 2 aromatic rings. The molecule has 7 nitrogen and oxygen atoms in total. The van der Waals surface area contributed by atoms with Crippen LogP contribution in [0.4, 0.5) is 0 Å². The van der Waals surface area contributed by atoms with Gasteiger partial charge in [-0.3, -0.25) is 9.69 Å². The van der Waals surface area contributed by atoms with E-state index in [1.165, 1.54) is 49.1 Å². The minimum atomic E-state index is -3.93. The van der Waals surface area contributed by atoms with Crippen LogP contribution in [0.3, 0.4) is 0 Å². The second-order valence-corrected chi connectivity index (χ2v) is 11.3. The first-order valence-electron chi connectivity index (χ1n) is 12.8. The van der Waals surface area contributed by atoms with E-state index >= 15 is 0 Å². The van der Waals surface area contributed by atoms with Crippen LogP contribution >= 0.6 is 11.8 Å². The van der Waals surface area contributed by atoms with Gasteiger partial charge >= 0.3 is 0 Å². The van der Waals surface area contributed by atoms with Gasteiger partial charge in [-0.25, -0.2) is 0 Å². The number of sulfonamides is 1. The lowest BCUT2D eigenvalue weighted by Crippen LogP contribution is -2.29. The minimum Gasteiger partial charge on any atom is -0.493 e. The summed E-state index contributed by atoms with van der Waals surface area (Å²) in [7, 11) is -2.35. The lowest BCUT2D eigenvalue weighted by molar-refractivity contribution is -0.122. The maximum atomic E-state index is 13.0. The smallest absolute Gasteiger partial charge is 0.284 e. The third-order valence-corrected chi connectivity index (χ3v) is 8.34. The van der Waals surface area contributed by atoms with Gasteiger partial charge in [0.1, 0.15) is 0 Å². The molecule has 0 atom stereocenters. The molecule has 2 aromatic carbocycles. The van der Waals surface area contributed by atoms with Crippen LogP contribution in [0, 0.1) is 0 Å². The van der Waals surface area contributed by atoms with E-state index in [1.807, 2.05) is 18.2 Å². The highest BCUT2D eigenvalue weighted by Crippen LogP contribution is 2.35. The normalized spacial score (nSPS) is 16.1. The van der Waals surface area contributed by atoms with Crippen molar-refractivity contribution in [2.75, 3.05) is 20.3 Å². The fraction of sp³-hybridized carbons (Fsp3) is 0.429. The maximum Gasteiger partial charge on any atom is 0.284 e. The van der Waals surface area contributed by atoms with Crippen molar-refractivity contribution in [3.8, 4) is 11.5 Å². The maximum absolute atomic E-state index is 13.0. The third kappa shape index (κ3) is 8.10. The second-order valence-electron chi connectivity index (χ2n) is 8.70. The van der Waals surface area contributed by atoms with Gasteiger partial charge in [0.05, 0.1) is 23.5 Å². The van der Waals surface area contributed by atoms with E-state index in [4.69, 9.17) is 9.47 Å². The molecule has 37 heavy (non-hydrogen) atoms. The number of benzene rings is 2. The number of nitrogens with zero attached hydrogens (tertiary/aromatic N) is 2. The summed E-state index contributed by atoms with van der Waals surface area (Å²) in [5.41, 5.74) is 0.749. The highest BCUT2D eigenvalue weighted by Gasteiger charge is 2.34. The Morgan fingerprint density at radius 1 is 0.946 bits per heavy atom. The Kier molecular flexibility index (Phi) is 11.1. The summed E-state index contributed by atoms with van der Waals surface area (Å²) in [5.74, 6) is 0.959. The Balaban J connectivity index is 1.68. The Labute approximate surface area is 225 Å². The number of amidine groups is 1. The summed E-state index contributed by atoms with van der Waals surface area (Å²) in [6.07, 6.45) is 10.2. The predicted octanol–water partition coefficient (Wildman–Crippen LogP) is 6.51. The molecule has 1 heterocycles. The largest absolute Gasteiger partial charge is 0.493 e. The van der Waals surface area contributed by atoms with Crippen molar-refractivity contribution in [2.24, 2.45) is 4.40 Å². The Bertz CT molecular complexity index is 1210. The van der Waals surface area contributed by atoms with E-state index in [-0.39, 0.29) is 16.0 Å². The van der Waals surface area contributed by atoms with Crippen LogP contribution in [0.1, 0.15) is 64.4 Å². The van der Waals surface area contributed by atoms with Crippen molar-refractivity contribution in [3.63, 3.8) is 0 Å². The quantitative estimate of drug-likeness (QED) is 0.199. The van der Waals surface area contributed by atoms with Crippen LogP contribution in [0.2, 0.25) is 0 Å². The van der Waals surface area contributed by atoms with Crippen LogP contribution in [-0.2, 0) is 14.8 Å². The van der Waals surface area contributed by atoms with E-state index in [1.54, 1.807) is 38.3 Å². The lowest BCUT2D eigenvalue weighted by atomic mass is 10.1.